The molecule has 3 rings (SSSR count). The minimum atomic E-state index is -0.302. The van der Waals surface area contributed by atoms with Crippen molar-refractivity contribution in [2.75, 3.05) is 5.32 Å². The second-order valence-corrected chi connectivity index (χ2v) is 6.55. The molecule has 112 valence electrons. The average molecular weight is 334 g/mol. The Kier molecular flexibility index (Phi) is 3.89. The molecular weight excluding hydrogens is 321 g/mol. The molecular formula is C17H13ClFNOS. The zero-order valence-electron chi connectivity index (χ0n) is 12.0. The zero-order valence-corrected chi connectivity index (χ0v) is 13.6. The van der Waals surface area contributed by atoms with E-state index < -0.39 is 0 Å². The molecule has 0 aliphatic heterocycles. The van der Waals surface area contributed by atoms with Gasteiger partial charge in [-0.3, -0.25) is 4.79 Å². The highest BCUT2D eigenvalue weighted by molar-refractivity contribution is 7.21. The van der Waals surface area contributed by atoms with Gasteiger partial charge in [0.15, 0.2) is 0 Å². The first kappa shape index (κ1) is 15.0. The molecule has 5 heteroatoms. The number of hydrogen-bond acceptors (Lipinski definition) is 2. The van der Waals surface area contributed by atoms with Gasteiger partial charge in [-0.15, -0.1) is 11.3 Å². The number of thiophene rings is 1. The summed E-state index contributed by atoms with van der Waals surface area (Å²) in [6.45, 7) is 3.66. The molecule has 0 fully saturated rings. The standard InChI is InChI=1S/C17H13ClFNOS/c1-9-6-7-11(8-12(9)18)20-17(21)16-10(2)15-13(19)4-3-5-14(15)22-16/h3-8H,1-2H3,(H,20,21). The van der Waals surface area contributed by atoms with E-state index in [0.29, 0.717) is 26.5 Å². The van der Waals surface area contributed by atoms with Crippen molar-refractivity contribution in [1.29, 1.82) is 0 Å². The normalized spacial score (nSPS) is 10.9. The summed E-state index contributed by atoms with van der Waals surface area (Å²) >= 11 is 7.35. The summed E-state index contributed by atoms with van der Waals surface area (Å²) in [6.07, 6.45) is 0. The Morgan fingerprint density at radius 2 is 2.00 bits per heavy atom. The van der Waals surface area contributed by atoms with E-state index in [0.717, 1.165) is 10.3 Å². The molecule has 0 unspecified atom stereocenters. The predicted molar refractivity (Wildman–Crippen MR) is 90.7 cm³/mol. The van der Waals surface area contributed by atoms with Gasteiger partial charge in [0.1, 0.15) is 5.82 Å². The summed E-state index contributed by atoms with van der Waals surface area (Å²) in [4.78, 5) is 13.0. The average Bonchev–Trinajstić information content (AvgIpc) is 2.81. The van der Waals surface area contributed by atoms with E-state index in [1.54, 1.807) is 25.1 Å². The summed E-state index contributed by atoms with van der Waals surface area (Å²) in [5.41, 5.74) is 2.23. The third-order valence-corrected chi connectivity index (χ3v) is 5.20. The first-order valence-electron chi connectivity index (χ1n) is 6.72. The number of nitrogens with one attached hydrogen (secondary N) is 1. The van der Waals surface area contributed by atoms with Crippen LogP contribution in [0.4, 0.5) is 10.1 Å². The summed E-state index contributed by atoms with van der Waals surface area (Å²) in [5, 5.41) is 3.92. The number of aryl methyl sites for hydroxylation is 2. The van der Waals surface area contributed by atoms with Gasteiger partial charge >= 0.3 is 0 Å². The third kappa shape index (κ3) is 2.60. The molecule has 1 heterocycles. The van der Waals surface area contributed by atoms with Crippen molar-refractivity contribution in [1.82, 2.24) is 0 Å². The minimum Gasteiger partial charge on any atom is -0.321 e. The lowest BCUT2D eigenvalue weighted by Crippen LogP contribution is -2.11. The molecule has 0 saturated heterocycles. The van der Waals surface area contributed by atoms with E-state index in [-0.39, 0.29) is 11.7 Å². The van der Waals surface area contributed by atoms with Crippen LogP contribution in [0.5, 0.6) is 0 Å². The SMILES string of the molecule is Cc1ccc(NC(=O)c2sc3cccc(F)c3c2C)cc1Cl. The first-order valence-corrected chi connectivity index (χ1v) is 7.92. The number of carbonyl (C=O) groups excluding carboxylic acids is 1. The molecule has 2 nitrogen and oxygen atoms in total. The summed E-state index contributed by atoms with van der Waals surface area (Å²) in [7, 11) is 0. The summed E-state index contributed by atoms with van der Waals surface area (Å²) in [5.74, 6) is -0.554. The number of hydrogen-bond donors (Lipinski definition) is 1. The van der Waals surface area contributed by atoms with Gasteiger partial charge in [0.25, 0.3) is 5.91 Å². The Balaban J connectivity index is 1.97. The number of amides is 1. The topological polar surface area (TPSA) is 29.1 Å². The predicted octanol–water partition coefficient (Wildman–Crippen LogP) is 5.56. The van der Waals surface area contributed by atoms with Gasteiger partial charge in [-0.25, -0.2) is 4.39 Å². The quantitative estimate of drug-likeness (QED) is 0.653. The van der Waals surface area contributed by atoms with Gasteiger partial charge < -0.3 is 5.32 Å². The van der Waals surface area contributed by atoms with E-state index in [1.807, 2.05) is 19.1 Å². The molecule has 0 spiro atoms. The second-order valence-electron chi connectivity index (χ2n) is 5.09. The Morgan fingerprint density at radius 1 is 1.23 bits per heavy atom. The lowest BCUT2D eigenvalue weighted by molar-refractivity contribution is 0.103. The summed E-state index contributed by atoms with van der Waals surface area (Å²) in [6, 6.07) is 10.2. The van der Waals surface area contributed by atoms with Gasteiger partial charge in [-0.2, -0.15) is 0 Å². The number of carbonyl (C=O) groups is 1. The Hall–Kier alpha value is -1.91. The van der Waals surface area contributed by atoms with Crippen molar-refractivity contribution in [3.8, 4) is 0 Å². The Bertz CT molecular complexity index is 888. The van der Waals surface area contributed by atoms with Crippen LogP contribution in [0.15, 0.2) is 36.4 Å². The number of anilines is 1. The molecule has 0 saturated carbocycles. The molecule has 3 aromatic rings. The molecule has 22 heavy (non-hydrogen) atoms. The van der Waals surface area contributed by atoms with E-state index in [2.05, 4.69) is 5.32 Å². The van der Waals surface area contributed by atoms with Crippen LogP contribution in [0, 0.1) is 19.7 Å². The van der Waals surface area contributed by atoms with Crippen LogP contribution < -0.4 is 5.32 Å². The number of fused-ring (bicyclic) bond motifs is 1. The molecule has 0 aliphatic rings. The van der Waals surface area contributed by atoms with Crippen LogP contribution in [0.2, 0.25) is 5.02 Å². The van der Waals surface area contributed by atoms with Gasteiger partial charge in [-0.1, -0.05) is 23.7 Å². The van der Waals surface area contributed by atoms with E-state index in [9.17, 15) is 9.18 Å². The maximum atomic E-state index is 13.9. The monoisotopic (exact) mass is 333 g/mol. The van der Waals surface area contributed by atoms with E-state index >= 15 is 0 Å². The lowest BCUT2D eigenvalue weighted by atomic mass is 10.1. The number of rotatable bonds is 2. The van der Waals surface area contributed by atoms with Crippen molar-refractivity contribution >= 4 is 44.6 Å². The molecule has 1 aromatic heterocycles. The zero-order chi connectivity index (χ0) is 15.9. The molecule has 0 aliphatic carbocycles. The summed E-state index contributed by atoms with van der Waals surface area (Å²) < 4.78 is 14.7. The fourth-order valence-corrected chi connectivity index (χ4v) is 3.63. The van der Waals surface area contributed by atoms with Crippen LogP contribution in [-0.2, 0) is 0 Å². The van der Waals surface area contributed by atoms with E-state index in [4.69, 9.17) is 11.6 Å². The van der Waals surface area contributed by atoms with Gasteiger partial charge in [-0.05, 0) is 49.2 Å². The molecule has 0 radical (unpaired) electrons. The molecule has 1 amide bonds. The third-order valence-electron chi connectivity index (χ3n) is 3.54. The van der Waals surface area contributed by atoms with Gasteiger partial charge in [0, 0.05) is 20.8 Å². The lowest BCUT2D eigenvalue weighted by Gasteiger charge is -2.06. The highest BCUT2D eigenvalue weighted by Crippen LogP contribution is 2.33. The van der Waals surface area contributed by atoms with Crippen LogP contribution in [0.25, 0.3) is 10.1 Å². The highest BCUT2D eigenvalue weighted by atomic mass is 35.5. The van der Waals surface area contributed by atoms with Gasteiger partial charge in [0.05, 0.1) is 4.88 Å². The fraction of sp³-hybridized carbons (Fsp3) is 0.118. The van der Waals surface area contributed by atoms with Crippen molar-refractivity contribution in [3.05, 3.63) is 63.2 Å². The largest absolute Gasteiger partial charge is 0.321 e. The van der Waals surface area contributed by atoms with Crippen molar-refractivity contribution < 1.29 is 9.18 Å². The van der Waals surface area contributed by atoms with Gasteiger partial charge in [0.2, 0.25) is 0 Å². The van der Waals surface area contributed by atoms with Crippen molar-refractivity contribution in [2.45, 2.75) is 13.8 Å². The molecule has 1 N–H and O–H groups in total. The van der Waals surface area contributed by atoms with Crippen molar-refractivity contribution in [3.63, 3.8) is 0 Å². The van der Waals surface area contributed by atoms with Crippen LogP contribution in [0.3, 0.4) is 0 Å². The number of benzene rings is 2. The fourth-order valence-electron chi connectivity index (χ4n) is 2.33. The Labute approximate surface area is 136 Å². The molecule has 2 aromatic carbocycles. The van der Waals surface area contributed by atoms with Crippen LogP contribution >= 0.6 is 22.9 Å². The molecule has 0 bridgehead atoms. The first-order chi connectivity index (χ1) is 10.5. The van der Waals surface area contributed by atoms with Crippen LogP contribution in [0.1, 0.15) is 20.8 Å². The second kappa shape index (κ2) is 5.71. The smallest absolute Gasteiger partial charge is 0.266 e. The Morgan fingerprint density at radius 3 is 2.68 bits per heavy atom. The van der Waals surface area contributed by atoms with E-state index in [1.165, 1.54) is 17.4 Å². The minimum absolute atomic E-state index is 0.252. The maximum absolute atomic E-state index is 13.9. The molecule has 0 atom stereocenters. The van der Waals surface area contributed by atoms with Crippen molar-refractivity contribution in [2.24, 2.45) is 0 Å². The number of halogens is 2. The van der Waals surface area contributed by atoms with Crippen LogP contribution in [-0.4, -0.2) is 5.91 Å². The maximum Gasteiger partial charge on any atom is 0.266 e. The highest BCUT2D eigenvalue weighted by Gasteiger charge is 2.18.